The van der Waals surface area contributed by atoms with Crippen LogP contribution in [0.3, 0.4) is 0 Å². The van der Waals surface area contributed by atoms with Crippen molar-refractivity contribution >= 4 is 23.0 Å². The summed E-state index contributed by atoms with van der Waals surface area (Å²) in [5.41, 5.74) is 8.49. The molecular formula is C20H25N3O2. The number of carbonyl (C=O) groups excluding carboxylic acids is 1. The number of hydrogen-bond donors (Lipinski definition) is 2. The van der Waals surface area contributed by atoms with Gasteiger partial charge in [-0.05, 0) is 55.7 Å². The quantitative estimate of drug-likeness (QED) is 0.597. The molecule has 0 spiro atoms. The molecule has 0 saturated carbocycles. The van der Waals surface area contributed by atoms with Crippen LogP contribution in [0, 0.1) is 0 Å². The number of anilines is 3. The largest absolute Gasteiger partial charge is 0.491 e. The molecule has 3 N–H and O–H groups in total. The van der Waals surface area contributed by atoms with Crippen molar-refractivity contribution in [2.75, 3.05) is 35.6 Å². The normalized spacial score (nSPS) is 13.7. The number of nitrogens with two attached hydrogens (primary N) is 1. The predicted molar refractivity (Wildman–Crippen MR) is 102 cm³/mol. The van der Waals surface area contributed by atoms with Crippen LogP contribution in [0.25, 0.3) is 0 Å². The van der Waals surface area contributed by atoms with Crippen molar-refractivity contribution in [1.29, 1.82) is 0 Å². The first-order chi connectivity index (χ1) is 12.2. The van der Waals surface area contributed by atoms with Gasteiger partial charge in [0.1, 0.15) is 5.75 Å². The lowest BCUT2D eigenvalue weighted by molar-refractivity contribution is -0.116. The molecule has 5 nitrogen and oxygen atoms in total. The van der Waals surface area contributed by atoms with Crippen molar-refractivity contribution in [2.24, 2.45) is 0 Å². The van der Waals surface area contributed by atoms with Crippen molar-refractivity contribution in [3.05, 3.63) is 48.5 Å². The van der Waals surface area contributed by atoms with Crippen LogP contribution >= 0.6 is 0 Å². The average Bonchev–Trinajstić information content (AvgIpc) is 3.15. The fourth-order valence-electron chi connectivity index (χ4n) is 2.98. The van der Waals surface area contributed by atoms with Crippen LogP contribution in [0.2, 0.25) is 0 Å². The number of ether oxygens (including phenoxy) is 1. The smallest absolute Gasteiger partial charge is 0.224 e. The molecule has 0 aromatic heterocycles. The van der Waals surface area contributed by atoms with E-state index < -0.39 is 0 Å². The molecule has 132 valence electrons. The van der Waals surface area contributed by atoms with Gasteiger partial charge >= 0.3 is 0 Å². The summed E-state index contributed by atoms with van der Waals surface area (Å²) in [4.78, 5) is 14.4. The zero-order valence-corrected chi connectivity index (χ0v) is 14.4. The van der Waals surface area contributed by atoms with Crippen molar-refractivity contribution in [3.63, 3.8) is 0 Å². The Labute approximate surface area is 148 Å². The standard InChI is InChI=1S/C20H25N3O2/c21-18-6-1-2-7-19(18)25-15-5-8-20(24)22-16-9-11-17(12-10-16)23-13-3-4-14-23/h1-2,6-7,9-12H,3-5,8,13-15,21H2,(H,22,24). The molecule has 1 saturated heterocycles. The number of rotatable bonds is 7. The Bertz CT molecular complexity index is 694. The summed E-state index contributed by atoms with van der Waals surface area (Å²) in [5, 5.41) is 2.93. The third-order valence-corrected chi connectivity index (χ3v) is 4.35. The lowest BCUT2D eigenvalue weighted by atomic mass is 10.2. The Balaban J connectivity index is 1.39. The number of benzene rings is 2. The Hall–Kier alpha value is -2.69. The van der Waals surface area contributed by atoms with Crippen molar-refractivity contribution in [3.8, 4) is 5.75 Å². The second-order valence-electron chi connectivity index (χ2n) is 6.28. The molecule has 1 amide bonds. The van der Waals surface area contributed by atoms with E-state index in [9.17, 15) is 4.79 Å². The number of nitrogens with one attached hydrogen (secondary N) is 1. The second kappa shape index (κ2) is 8.42. The van der Waals surface area contributed by atoms with Gasteiger partial charge in [0.15, 0.2) is 0 Å². The van der Waals surface area contributed by atoms with Gasteiger partial charge in [-0.25, -0.2) is 0 Å². The van der Waals surface area contributed by atoms with Gasteiger partial charge in [-0.15, -0.1) is 0 Å². The number of hydrogen-bond acceptors (Lipinski definition) is 4. The molecule has 1 aliphatic heterocycles. The van der Waals surface area contributed by atoms with E-state index in [-0.39, 0.29) is 5.91 Å². The third kappa shape index (κ3) is 4.89. The monoisotopic (exact) mass is 339 g/mol. The van der Waals surface area contributed by atoms with Crippen LogP contribution in [-0.4, -0.2) is 25.6 Å². The summed E-state index contributed by atoms with van der Waals surface area (Å²) in [6, 6.07) is 15.4. The summed E-state index contributed by atoms with van der Waals surface area (Å²) >= 11 is 0. The molecule has 25 heavy (non-hydrogen) atoms. The van der Waals surface area contributed by atoms with Crippen LogP contribution in [0.5, 0.6) is 5.75 Å². The Kier molecular flexibility index (Phi) is 5.77. The zero-order chi connectivity index (χ0) is 17.5. The Morgan fingerprint density at radius 3 is 2.52 bits per heavy atom. The van der Waals surface area contributed by atoms with Crippen LogP contribution < -0.4 is 20.7 Å². The molecule has 0 radical (unpaired) electrons. The number of nitrogen functional groups attached to an aromatic ring is 1. The van der Waals surface area contributed by atoms with Gasteiger partial charge in [0.25, 0.3) is 0 Å². The van der Waals surface area contributed by atoms with Gasteiger partial charge in [-0.3, -0.25) is 4.79 Å². The first kappa shape index (κ1) is 17.1. The number of carbonyl (C=O) groups is 1. The molecular weight excluding hydrogens is 314 g/mol. The highest BCUT2D eigenvalue weighted by Crippen LogP contribution is 2.22. The molecule has 1 aliphatic rings. The molecule has 0 aliphatic carbocycles. The highest BCUT2D eigenvalue weighted by molar-refractivity contribution is 5.90. The predicted octanol–water partition coefficient (Wildman–Crippen LogP) is 3.67. The fraction of sp³-hybridized carbons (Fsp3) is 0.350. The van der Waals surface area contributed by atoms with Crippen LogP contribution in [0.15, 0.2) is 48.5 Å². The Morgan fingerprint density at radius 2 is 1.80 bits per heavy atom. The van der Waals surface area contributed by atoms with Gasteiger partial charge in [0.05, 0.1) is 12.3 Å². The second-order valence-corrected chi connectivity index (χ2v) is 6.28. The molecule has 3 rings (SSSR count). The lowest BCUT2D eigenvalue weighted by Gasteiger charge is -2.17. The first-order valence-corrected chi connectivity index (χ1v) is 8.84. The summed E-state index contributed by atoms with van der Waals surface area (Å²) in [5.74, 6) is 0.666. The van der Waals surface area contributed by atoms with E-state index in [0.717, 1.165) is 18.8 Å². The van der Waals surface area contributed by atoms with Gasteiger partial charge in [-0.1, -0.05) is 12.1 Å². The maximum atomic E-state index is 12.0. The van der Waals surface area contributed by atoms with Gasteiger partial charge in [-0.2, -0.15) is 0 Å². The molecule has 1 heterocycles. The Morgan fingerprint density at radius 1 is 1.08 bits per heavy atom. The summed E-state index contributed by atoms with van der Waals surface area (Å²) < 4.78 is 5.60. The summed E-state index contributed by atoms with van der Waals surface area (Å²) in [6.45, 7) is 2.71. The number of nitrogens with zero attached hydrogens (tertiary/aromatic N) is 1. The van der Waals surface area contributed by atoms with E-state index in [2.05, 4.69) is 22.3 Å². The SMILES string of the molecule is Nc1ccccc1OCCCC(=O)Nc1ccc(N2CCCC2)cc1. The number of para-hydroxylation sites is 2. The van der Waals surface area contributed by atoms with Crippen molar-refractivity contribution in [2.45, 2.75) is 25.7 Å². The maximum absolute atomic E-state index is 12.0. The molecule has 2 aromatic carbocycles. The average molecular weight is 339 g/mol. The van der Waals surface area contributed by atoms with Gasteiger partial charge in [0.2, 0.25) is 5.91 Å². The van der Waals surface area contributed by atoms with E-state index >= 15 is 0 Å². The summed E-state index contributed by atoms with van der Waals surface area (Å²) in [7, 11) is 0. The van der Waals surface area contributed by atoms with E-state index in [0.29, 0.717) is 30.9 Å². The van der Waals surface area contributed by atoms with Crippen LogP contribution in [0.4, 0.5) is 17.1 Å². The van der Waals surface area contributed by atoms with Gasteiger partial charge in [0, 0.05) is 30.9 Å². The minimum atomic E-state index is -0.00134. The molecule has 0 bridgehead atoms. The molecule has 5 heteroatoms. The minimum absolute atomic E-state index is 0.00134. The van der Waals surface area contributed by atoms with Crippen LogP contribution in [0.1, 0.15) is 25.7 Å². The molecule has 0 unspecified atom stereocenters. The fourth-order valence-corrected chi connectivity index (χ4v) is 2.98. The van der Waals surface area contributed by atoms with Crippen molar-refractivity contribution in [1.82, 2.24) is 0 Å². The van der Waals surface area contributed by atoms with E-state index in [1.165, 1.54) is 18.5 Å². The topological polar surface area (TPSA) is 67.6 Å². The third-order valence-electron chi connectivity index (χ3n) is 4.35. The highest BCUT2D eigenvalue weighted by atomic mass is 16.5. The molecule has 2 aromatic rings. The lowest BCUT2D eigenvalue weighted by Crippen LogP contribution is -2.17. The first-order valence-electron chi connectivity index (χ1n) is 8.84. The van der Waals surface area contributed by atoms with Crippen LogP contribution in [-0.2, 0) is 4.79 Å². The number of amides is 1. The zero-order valence-electron chi connectivity index (χ0n) is 14.4. The van der Waals surface area contributed by atoms with Gasteiger partial charge < -0.3 is 20.7 Å². The summed E-state index contributed by atoms with van der Waals surface area (Å²) in [6.07, 6.45) is 3.58. The van der Waals surface area contributed by atoms with E-state index in [1.807, 2.05) is 30.3 Å². The minimum Gasteiger partial charge on any atom is -0.491 e. The van der Waals surface area contributed by atoms with E-state index in [4.69, 9.17) is 10.5 Å². The maximum Gasteiger partial charge on any atom is 0.224 e. The van der Waals surface area contributed by atoms with Crippen molar-refractivity contribution < 1.29 is 9.53 Å². The molecule has 1 fully saturated rings. The highest BCUT2D eigenvalue weighted by Gasteiger charge is 2.12. The molecule has 0 atom stereocenters. The van der Waals surface area contributed by atoms with E-state index in [1.54, 1.807) is 6.07 Å².